The fourth-order valence-corrected chi connectivity index (χ4v) is 4.43. The van der Waals surface area contributed by atoms with Gasteiger partial charge in [-0.15, -0.1) is 0 Å². The number of ketones is 1. The van der Waals surface area contributed by atoms with Gasteiger partial charge in [0.15, 0.2) is 5.78 Å². The zero-order valence-electron chi connectivity index (χ0n) is 20.4. The number of Topliss-reactive ketones (excluding diaryl/α,β-unsaturated/α-hetero) is 1. The molecule has 10 nitrogen and oxygen atoms in total. The number of anilines is 1. The van der Waals surface area contributed by atoms with Crippen molar-refractivity contribution < 1.29 is 29.3 Å². The van der Waals surface area contributed by atoms with Gasteiger partial charge in [-0.2, -0.15) is 0 Å². The number of methoxy groups -OCH3 is 1. The molecule has 4 N–H and O–H groups in total. The van der Waals surface area contributed by atoms with Crippen molar-refractivity contribution in [2.24, 2.45) is 0 Å². The minimum absolute atomic E-state index is 0.00741. The fourth-order valence-electron chi connectivity index (χ4n) is 4.26. The van der Waals surface area contributed by atoms with Crippen LogP contribution in [0.5, 0.6) is 5.75 Å². The van der Waals surface area contributed by atoms with E-state index in [9.17, 15) is 29.4 Å². The number of aromatic carboxylic acids is 1. The number of benzene rings is 2. The van der Waals surface area contributed by atoms with E-state index in [0.29, 0.717) is 38.3 Å². The van der Waals surface area contributed by atoms with E-state index in [1.54, 1.807) is 36.4 Å². The Morgan fingerprint density at radius 2 is 1.87 bits per heavy atom. The van der Waals surface area contributed by atoms with Crippen LogP contribution in [0.4, 0.5) is 5.69 Å². The monoisotopic (exact) mass is 537 g/mol. The first kappa shape index (κ1) is 26.6. The van der Waals surface area contributed by atoms with Gasteiger partial charge < -0.3 is 25.3 Å². The van der Waals surface area contributed by atoms with Crippen LogP contribution in [-0.4, -0.2) is 51.1 Å². The number of aliphatic hydroxyl groups excluding tert-OH is 1. The smallest absolute Gasteiger partial charge is 0.352 e. The first-order valence-electron chi connectivity index (χ1n) is 11.5. The van der Waals surface area contributed by atoms with Gasteiger partial charge in [0.2, 0.25) is 5.91 Å². The van der Waals surface area contributed by atoms with Crippen LogP contribution in [0.1, 0.15) is 40.2 Å². The maximum atomic E-state index is 13.3. The maximum absolute atomic E-state index is 13.3. The topological polar surface area (TPSA) is 151 Å². The van der Waals surface area contributed by atoms with Gasteiger partial charge in [0.05, 0.1) is 13.3 Å². The van der Waals surface area contributed by atoms with Gasteiger partial charge in [-0.1, -0.05) is 11.6 Å². The zero-order valence-corrected chi connectivity index (χ0v) is 21.2. The lowest BCUT2D eigenvalue weighted by atomic mass is 9.97. The van der Waals surface area contributed by atoms with Gasteiger partial charge in [0.25, 0.3) is 5.56 Å². The molecule has 2 heterocycles. The van der Waals surface area contributed by atoms with E-state index in [2.05, 4.69) is 10.3 Å². The molecule has 0 spiro atoms. The number of carbonyl (C=O) groups is 3. The van der Waals surface area contributed by atoms with Gasteiger partial charge in [-0.3, -0.25) is 19.0 Å². The molecule has 0 saturated carbocycles. The number of carboxylic acid groups (broad SMARTS) is 1. The highest BCUT2D eigenvalue weighted by molar-refractivity contribution is 6.31. The largest absolute Gasteiger partial charge is 0.495 e. The Kier molecular flexibility index (Phi) is 7.65. The second-order valence-corrected chi connectivity index (χ2v) is 8.99. The van der Waals surface area contributed by atoms with Crippen LogP contribution in [0, 0.1) is 0 Å². The normalized spacial score (nSPS) is 11.8. The Balaban J connectivity index is 1.72. The summed E-state index contributed by atoms with van der Waals surface area (Å²) >= 11 is 6.15. The number of pyridine rings is 1. The van der Waals surface area contributed by atoms with E-state index in [1.807, 2.05) is 0 Å². The number of H-pyrrole nitrogens is 1. The lowest BCUT2D eigenvalue weighted by Gasteiger charge is -2.21. The molecule has 2 aromatic carbocycles. The van der Waals surface area contributed by atoms with Crippen LogP contribution in [0.15, 0.2) is 59.5 Å². The van der Waals surface area contributed by atoms with Gasteiger partial charge in [0.1, 0.15) is 17.5 Å². The van der Waals surface area contributed by atoms with Crippen molar-refractivity contribution in [3.8, 4) is 16.9 Å². The number of halogens is 1. The minimum Gasteiger partial charge on any atom is -0.495 e. The van der Waals surface area contributed by atoms with E-state index >= 15 is 0 Å². The van der Waals surface area contributed by atoms with Crippen molar-refractivity contribution in [3.63, 3.8) is 0 Å². The average Bonchev–Trinajstić information content (AvgIpc) is 3.31. The van der Waals surface area contributed by atoms with Gasteiger partial charge in [-0.25, -0.2) is 4.79 Å². The summed E-state index contributed by atoms with van der Waals surface area (Å²) in [6.45, 7) is 1.02. The predicted octanol–water partition coefficient (Wildman–Crippen LogP) is 4.12. The van der Waals surface area contributed by atoms with Crippen LogP contribution in [0.3, 0.4) is 0 Å². The Morgan fingerprint density at radius 1 is 1.11 bits per heavy atom. The Labute approximate surface area is 221 Å². The summed E-state index contributed by atoms with van der Waals surface area (Å²) in [6.07, 6.45) is 1.29. The molecule has 196 valence electrons. The van der Waals surface area contributed by atoms with Crippen molar-refractivity contribution >= 4 is 45.9 Å². The Bertz CT molecular complexity index is 1620. The van der Waals surface area contributed by atoms with Crippen LogP contribution in [0.25, 0.3) is 22.0 Å². The third-order valence-corrected chi connectivity index (χ3v) is 6.31. The van der Waals surface area contributed by atoms with Crippen LogP contribution < -0.4 is 15.6 Å². The molecule has 0 saturated heterocycles. The Hall–Kier alpha value is -4.41. The van der Waals surface area contributed by atoms with E-state index < -0.39 is 23.5 Å². The lowest BCUT2D eigenvalue weighted by Crippen LogP contribution is -2.33. The molecule has 2 aromatic heterocycles. The highest BCUT2D eigenvalue weighted by atomic mass is 35.5. The van der Waals surface area contributed by atoms with E-state index in [4.69, 9.17) is 16.3 Å². The third kappa shape index (κ3) is 5.31. The van der Waals surface area contributed by atoms with Crippen LogP contribution in [-0.2, 0) is 4.79 Å². The van der Waals surface area contributed by atoms with Crippen LogP contribution in [0.2, 0.25) is 5.02 Å². The molecule has 0 aliphatic heterocycles. The number of amides is 1. The van der Waals surface area contributed by atoms with Gasteiger partial charge in [-0.05, 0) is 55.0 Å². The number of ether oxygens (including phenoxy) is 1. The number of hydrogen-bond acceptors (Lipinski definition) is 6. The van der Waals surface area contributed by atoms with Crippen molar-refractivity contribution in [2.75, 3.05) is 19.0 Å². The summed E-state index contributed by atoms with van der Waals surface area (Å²) in [7, 11) is 1.39. The van der Waals surface area contributed by atoms with Crippen molar-refractivity contribution in [2.45, 2.75) is 19.4 Å². The molecule has 0 aliphatic carbocycles. The molecule has 4 rings (SSSR count). The molecular weight excluding hydrogens is 514 g/mol. The third-order valence-electron chi connectivity index (χ3n) is 6.07. The molecule has 1 amide bonds. The second-order valence-electron chi connectivity index (χ2n) is 8.55. The number of aromatic amines is 1. The highest BCUT2D eigenvalue weighted by Gasteiger charge is 2.24. The molecule has 1 atom stereocenters. The van der Waals surface area contributed by atoms with E-state index in [-0.39, 0.29) is 30.3 Å². The summed E-state index contributed by atoms with van der Waals surface area (Å²) in [4.78, 5) is 52.7. The second kappa shape index (κ2) is 10.9. The maximum Gasteiger partial charge on any atom is 0.352 e. The number of fused-ring (bicyclic) bond motifs is 1. The van der Waals surface area contributed by atoms with Crippen molar-refractivity contribution in [1.29, 1.82) is 0 Å². The van der Waals surface area contributed by atoms with Gasteiger partial charge in [0, 0.05) is 51.8 Å². The zero-order chi connectivity index (χ0) is 27.6. The molecule has 0 bridgehead atoms. The predicted molar refractivity (Wildman–Crippen MR) is 142 cm³/mol. The molecule has 38 heavy (non-hydrogen) atoms. The fraction of sp³-hybridized carbons (Fsp3) is 0.185. The molecule has 0 radical (unpaired) electrons. The number of nitrogens with zero attached hydrogens (tertiary/aromatic N) is 1. The molecule has 4 aromatic rings. The van der Waals surface area contributed by atoms with Crippen molar-refractivity contribution in [3.05, 3.63) is 81.4 Å². The highest BCUT2D eigenvalue weighted by Crippen LogP contribution is 2.34. The minimum atomic E-state index is -1.11. The summed E-state index contributed by atoms with van der Waals surface area (Å²) in [5.41, 5.74) is 1.49. The molecule has 0 fully saturated rings. The first-order valence-corrected chi connectivity index (χ1v) is 11.9. The summed E-state index contributed by atoms with van der Waals surface area (Å²) in [6, 6.07) is 11.1. The number of aromatic nitrogens is 2. The molecular formula is C27H24ClN3O7. The van der Waals surface area contributed by atoms with Crippen molar-refractivity contribution in [1.82, 2.24) is 9.55 Å². The quantitative estimate of drug-likeness (QED) is 0.234. The molecule has 11 heteroatoms. The molecule has 0 aliphatic rings. The lowest BCUT2D eigenvalue weighted by molar-refractivity contribution is -0.119. The number of carboxylic acids is 1. The number of aliphatic hydroxyl groups is 1. The first-order chi connectivity index (χ1) is 18.1. The average molecular weight is 538 g/mol. The number of nitrogens with one attached hydrogen (secondary N) is 2. The Morgan fingerprint density at radius 3 is 2.53 bits per heavy atom. The summed E-state index contributed by atoms with van der Waals surface area (Å²) in [5, 5.41) is 22.5. The number of hydrogen-bond donors (Lipinski definition) is 4. The SMILES string of the molecule is COc1cn(C(CCO)C(=O)Nc2ccc3[nH]c(C(=O)O)cc3c2)c(=O)cc1-c1cc(Cl)ccc1C(C)=O. The number of rotatable bonds is 9. The van der Waals surface area contributed by atoms with Crippen LogP contribution >= 0.6 is 11.6 Å². The summed E-state index contributed by atoms with van der Waals surface area (Å²) in [5.74, 6) is -1.69. The van der Waals surface area contributed by atoms with Gasteiger partial charge >= 0.3 is 5.97 Å². The standard InChI is InChI=1S/C27H24ClN3O7/c1-14(33)18-5-3-16(28)11-19(18)20-12-25(34)31(13-24(20)38-2)23(7-8-32)26(35)29-17-4-6-21-15(9-17)10-22(30-21)27(36)37/h3-6,9-13,23,30,32H,7-8H2,1-2H3,(H,29,35)(H,36,37). The summed E-state index contributed by atoms with van der Waals surface area (Å²) < 4.78 is 6.66. The van der Waals surface area contributed by atoms with E-state index in [1.165, 1.54) is 32.4 Å². The number of carbonyl (C=O) groups excluding carboxylic acids is 2. The van der Waals surface area contributed by atoms with E-state index in [0.717, 1.165) is 4.57 Å². The molecule has 1 unspecified atom stereocenters.